The summed E-state index contributed by atoms with van der Waals surface area (Å²) in [6, 6.07) is 14.2. The van der Waals surface area contributed by atoms with Crippen molar-refractivity contribution in [2.75, 3.05) is 6.61 Å². The predicted molar refractivity (Wildman–Crippen MR) is 101 cm³/mol. The monoisotopic (exact) mass is 389 g/mol. The van der Waals surface area contributed by atoms with E-state index in [1.54, 1.807) is 0 Å². The van der Waals surface area contributed by atoms with Crippen LogP contribution >= 0.6 is 15.9 Å². The molecule has 0 aliphatic rings. The van der Waals surface area contributed by atoms with Gasteiger partial charge in [0.1, 0.15) is 5.75 Å². The Kier molecular flexibility index (Phi) is 6.85. The fourth-order valence-corrected chi connectivity index (χ4v) is 3.02. The highest BCUT2D eigenvalue weighted by Crippen LogP contribution is 2.26. The van der Waals surface area contributed by atoms with E-state index in [0.717, 1.165) is 22.9 Å². The van der Waals surface area contributed by atoms with Gasteiger partial charge < -0.3 is 10.1 Å². The first-order valence-electron chi connectivity index (χ1n) is 8.30. The summed E-state index contributed by atoms with van der Waals surface area (Å²) in [7, 11) is 0. The molecule has 0 radical (unpaired) electrons. The first kappa shape index (κ1) is 18.5. The summed E-state index contributed by atoms with van der Waals surface area (Å²) in [4.78, 5) is 12.2. The van der Waals surface area contributed by atoms with Crippen molar-refractivity contribution in [1.82, 2.24) is 5.32 Å². The highest BCUT2D eigenvalue weighted by molar-refractivity contribution is 9.10. The molecule has 0 unspecified atom stereocenters. The van der Waals surface area contributed by atoms with Gasteiger partial charge >= 0.3 is 0 Å². The molecule has 1 atom stereocenters. The van der Waals surface area contributed by atoms with E-state index in [-0.39, 0.29) is 18.6 Å². The second kappa shape index (κ2) is 8.88. The first-order chi connectivity index (χ1) is 11.5. The minimum absolute atomic E-state index is 0.00638. The summed E-state index contributed by atoms with van der Waals surface area (Å²) in [6.45, 7) is 6.22. The van der Waals surface area contributed by atoms with Crippen molar-refractivity contribution in [3.63, 3.8) is 0 Å². The zero-order chi connectivity index (χ0) is 17.5. The summed E-state index contributed by atoms with van der Waals surface area (Å²) < 4.78 is 6.51. The van der Waals surface area contributed by atoms with Gasteiger partial charge in [0.05, 0.1) is 10.5 Å². The van der Waals surface area contributed by atoms with Crippen molar-refractivity contribution >= 4 is 21.8 Å². The molecule has 0 heterocycles. The second-order valence-corrected chi connectivity index (χ2v) is 6.70. The Morgan fingerprint density at radius 1 is 1.17 bits per heavy atom. The number of hydrogen-bond acceptors (Lipinski definition) is 2. The van der Waals surface area contributed by atoms with Gasteiger partial charge in [-0.3, -0.25) is 4.79 Å². The lowest BCUT2D eigenvalue weighted by molar-refractivity contribution is -0.123. The molecule has 2 aromatic carbocycles. The van der Waals surface area contributed by atoms with Gasteiger partial charge in [-0.2, -0.15) is 0 Å². The van der Waals surface area contributed by atoms with E-state index in [9.17, 15) is 4.79 Å². The third-order valence-electron chi connectivity index (χ3n) is 3.99. The van der Waals surface area contributed by atoms with Crippen LogP contribution in [0.15, 0.2) is 46.9 Å². The number of ether oxygens (including phenoxy) is 1. The van der Waals surface area contributed by atoms with Crippen LogP contribution in [0.5, 0.6) is 5.75 Å². The maximum Gasteiger partial charge on any atom is 0.258 e. The Morgan fingerprint density at radius 3 is 2.46 bits per heavy atom. The van der Waals surface area contributed by atoms with Crippen LogP contribution in [0.4, 0.5) is 0 Å². The van der Waals surface area contributed by atoms with Crippen molar-refractivity contribution in [3.05, 3.63) is 63.6 Å². The number of aryl methyl sites for hydroxylation is 2. The SMILES string of the molecule is CCc1ccc(OCC(=O)N[C@H](CC)c2ccc(C)cc2)c(Br)c1. The fourth-order valence-electron chi connectivity index (χ4n) is 2.48. The van der Waals surface area contributed by atoms with Crippen molar-refractivity contribution in [1.29, 1.82) is 0 Å². The molecular weight excluding hydrogens is 366 g/mol. The second-order valence-electron chi connectivity index (χ2n) is 5.85. The summed E-state index contributed by atoms with van der Waals surface area (Å²) in [5.41, 5.74) is 3.55. The highest BCUT2D eigenvalue weighted by atomic mass is 79.9. The molecule has 1 amide bonds. The zero-order valence-corrected chi connectivity index (χ0v) is 16.0. The van der Waals surface area contributed by atoms with Gasteiger partial charge in [-0.15, -0.1) is 0 Å². The molecule has 2 rings (SSSR count). The topological polar surface area (TPSA) is 38.3 Å². The zero-order valence-electron chi connectivity index (χ0n) is 14.4. The van der Waals surface area contributed by atoms with Crippen LogP contribution < -0.4 is 10.1 Å². The Labute approximate surface area is 152 Å². The van der Waals surface area contributed by atoms with Gasteiger partial charge in [-0.1, -0.05) is 49.7 Å². The molecule has 0 spiro atoms. The normalized spacial score (nSPS) is 11.8. The molecule has 24 heavy (non-hydrogen) atoms. The Bertz CT molecular complexity index is 683. The van der Waals surface area contributed by atoms with Gasteiger partial charge in [0, 0.05) is 0 Å². The maximum atomic E-state index is 12.2. The highest BCUT2D eigenvalue weighted by Gasteiger charge is 2.13. The fraction of sp³-hybridized carbons (Fsp3) is 0.350. The third kappa shape index (κ3) is 5.10. The van der Waals surface area contributed by atoms with E-state index < -0.39 is 0 Å². The number of halogens is 1. The van der Waals surface area contributed by atoms with Gasteiger partial charge in [-0.25, -0.2) is 0 Å². The molecule has 0 saturated carbocycles. The number of carbonyl (C=O) groups is 1. The van der Waals surface area contributed by atoms with Crippen LogP contribution in [0.3, 0.4) is 0 Å². The van der Waals surface area contributed by atoms with E-state index in [0.29, 0.717) is 5.75 Å². The lowest BCUT2D eigenvalue weighted by Crippen LogP contribution is -2.32. The summed E-state index contributed by atoms with van der Waals surface area (Å²) in [5.74, 6) is 0.569. The number of carbonyl (C=O) groups excluding carboxylic acids is 1. The molecule has 0 aromatic heterocycles. The van der Waals surface area contributed by atoms with Crippen LogP contribution in [-0.2, 0) is 11.2 Å². The Hall–Kier alpha value is -1.81. The molecule has 4 heteroatoms. The molecule has 0 aliphatic heterocycles. The summed E-state index contributed by atoms with van der Waals surface area (Å²) in [6.07, 6.45) is 1.80. The lowest BCUT2D eigenvalue weighted by Gasteiger charge is -2.18. The minimum atomic E-state index is -0.117. The number of hydrogen-bond donors (Lipinski definition) is 1. The summed E-state index contributed by atoms with van der Waals surface area (Å²) in [5, 5.41) is 3.04. The van der Waals surface area contributed by atoms with E-state index in [4.69, 9.17) is 4.74 Å². The molecule has 0 aliphatic carbocycles. The number of amides is 1. The average molecular weight is 390 g/mol. The van der Waals surface area contributed by atoms with Crippen LogP contribution in [-0.4, -0.2) is 12.5 Å². The molecule has 1 N–H and O–H groups in total. The van der Waals surface area contributed by atoms with Crippen LogP contribution in [0.1, 0.15) is 43.0 Å². The largest absolute Gasteiger partial charge is 0.483 e. The number of benzene rings is 2. The molecule has 0 fully saturated rings. The van der Waals surface area contributed by atoms with Crippen molar-refractivity contribution < 1.29 is 9.53 Å². The van der Waals surface area contributed by atoms with E-state index >= 15 is 0 Å². The predicted octanol–water partition coefficient (Wildman–Crippen LogP) is 4.97. The smallest absolute Gasteiger partial charge is 0.258 e. The molecule has 2 aromatic rings. The molecule has 0 saturated heterocycles. The van der Waals surface area contributed by atoms with Crippen molar-refractivity contribution in [2.45, 2.75) is 39.7 Å². The maximum absolute atomic E-state index is 12.2. The number of rotatable bonds is 7. The third-order valence-corrected chi connectivity index (χ3v) is 4.61. The van der Waals surface area contributed by atoms with Gasteiger partial charge in [-0.05, 0) is 59.0 Å². The Balaban J connectivity index is 1.93. The molecule has 0 bridgehead atoms. The van der Waals surface area contributed by atoms with Crippen molar-refractivity contribution in [2.24, 2.45) is 0 Å². The minimum Gasteiger partial charge on any atom is -0.483 e. The lowest BCUT2D eigenvalue weighted by atomic mass is 10.0. The van der Waals surface area contributed by atoms with Crippen LogP contribution in [0.25, 0.3) is 0 Å². The average Bonchev–Trinajstić information content (AvgIpc) is 2.59. The molecule has 128 valence electrons. The molecule has 3 nitrogen and oxygen atoms in total. The van der Waals surface area contributed by atoms with E-state index in [1.807, 2.05) is 18.2 Å². The van der Waals surface area contributed by atoms with Crippen LogP contribution in [0, 0.1) is 6.92 Å². The Morgan fingerprint density at radius 2 is 1.88 bits per heavy atom. The van der Waals surface area contributed by atoms with E-state index in [1.165, 1.54) is 11.1 Å². The number of nitrogens with one attached hydrogen (secondary N) is 1. The standard InChI is InChI=1S/C20H24BrNO2/c1-4-15-8-11-19(17(21)12-15)24-13-20(23)22-18(5-2)16-9-6-14(3)7-10-16/h6-12,18H,4-5,13H2,1-3H3,(H,22,23)/t18-/m1/s1. The van der Waals surface area contributed by atoms with Crippen LogP contribution in [0.2, 0.25) is 0 Å². The summed E-state index contributed by atoms with van der Waals surface area (Å²) >= 11 is 3.49. The van der Waals surface area contributed by atoms with Gasteiger partial charge in [0.15, 0.2) is 6.61 Å². The van der Waals surface area contributed by atoms with E-state index in [2.05, 4.69) is 66.3 Å². The quantitative estimate of drug-likeness (QED) is 0.725. The van der Waals surface area contributed by atoms with Crippen molar-refractivity contribution in [3.8, 4) is 5.75 Å². The van der Waals surface area contributed by atoms with Gasteiger partial charge in [0.25, 0.3) is 5.91 Å². The first-order valence-corrected chi connectivity index (χ1v) is 9.10. The molecular formula is C20H24BrNO2. The van der Waals surface area contributed by atoms with Gasteiger partial charge in [0.2, 0.25) is 0 Å².